The normalized spacial score (nSPS) is 15.1. The number of hydrogen-bond acceptors (Lipinski definition) is 2. The zero-order chi connectivity index (χ0) is 13.8. The first-order chi connectivity index (χ1) is 9.81. The summed E-state index contributed by atoms with van der Waals surface area (Å²) in [6.07, 6.45) is 0. The maximum atomic E-state index is 5.91. The van der Waals surface area contributed by atoms with Crippen molar-refractivity contribution >= 4 is 11.6 Å². The van der Waals surface area contributed by atoms with Crippen molar-refractivity contribution < 1.29 is 0 Å². The lowest BCUT2D eigenvalue weighted by Crippen LogP contribution is -2.47. The number of halogens is 1. The van der Waals surface area contributed by atoms with E-state index in [2.05, 4.69) is 47.0 Å². The Kier molecular flexibility index (Phi) is 4.36. The van der Waals surface area contributed by atoms with Gasteiger partial charge in [-0.1, -0.05) is 48.0 Å². The van der Waals surface area contributed by atoms with Gasteiger partial charge in [0, 0.05) is 31.2 Å². The van der Waals surface area contributed by atoms with Crippen LogP contribution in [-0.2, 0) is 6.54 Å². The molecule has 0 spiro atoms. The van der Waals surface area contributed by atoms with Crippen molar-refractivity contribution in [3.05, 3.63) is 59.1 Å². The summed E-state index contributed by atoms with van der Waals surface area (Å²) in [6, 6.07) is 16.7. The third kappa shape index (κ3) is 3.40. The van der Waals surface area contributed by atoms with Crippen LogP contribution in [-0.4, -0.2) is 19.6 Å². The van der Waals surface area contributed by atoms with E-state index >= 15 is 0 Å². The van der Waals surface area contributed by atoms with Gasteiger partial charge in [0.15, 0.2) is 0 Å². The van der Waals surface area contributed by atoms with Gasteiger partial charge in [-0.25, -0.2) is 0 Å². The number of hydrogen-bond donors (Lipinski definition) is 2. The third-order valence-electron chi connectivity index (χ3n) is 3.76. The van der Waals surface area contributed by atoms with Gasteiger partial charge in [-0.2, -0.15) is 0 Å². The number of nitrogens with one attached hydrogen (secondary N) is 2. The van der Waals surface area contributed by atoms with Crippen molar-refractivity contribution in [1.82, 2.24) is 10.6 Å². The molecule has 104 valence electrons. The van der Waals surface area contributed by atoms with E-state index in [1.165, 1.54) is 16.7 Å². The summed E-state index contributed by atoms with van der Waals surface area (Å²) < 4.78 is 0. The smallest absolute Gasteiger partial charge is 0.0406 e. The summed E-state index contributed by atoms with van der Waals surface area (Å²) in [7, 11) is 0. The molecule has 0 aromatic heterocycles. The number of benzene rings is 2. The summed E-state index contributed by atoms with van der Waals surface area (Å²) in [5, 5.41) is 7.58. The van der Waals surface area contributed by atoms with Gasteiger partial charge in [0.1, 0.15) is 0 Å². The first-order valence-electron chi connectivity index (χ1n) is 7.07. The molecule has 1 fully saturated rings. The lowest BCUT2D eigenvalue weighted by Gasteiger charge is -2.27. The second-order valence-electron chi connectivity index (χ2n) is 5.36. The molecule has 0 unspecified atom stereocenters. The molecule has 2 aromatic rings. The van der Waals surface area contributed by atoms with Crippen molar-refractivity contribution in [2.24, 2.45) is 5.92 Å². The molecule has 0 atom stereocenters. The largest absolute Gasteiger partial charge is 0.316 e. The lowest BCUT2D eigenvalue weighted by molar-refractivity contribution is 0.331. The Hall–Kier alpha value is -1.35. The van der Waals surface area contributed by atoms with E-state index < -0.39 is 0 Å². The minimum absolute atomic E-state index is 0.778. The predicted molar refractivity (Wildman–Crippen MR) is 85.0 cm³/mol. The molecule has 3 rings (SSSR count). The van der Waals surface area contributed by atoms with Crippen LogP contribution < -0.4 is 10.6 Å². The van der Waals surface area contributed by atoms with E-state index in [0.29, 0.717) is 0 Å². The highest BCUT2D eigenvalue weighted by Gasteiger charge is 2.15. The van der Waals surface area contributed by atoms with Crippen molar-refractivity contribution in [1.29, 1.82) is 0 Å². The van der Waals surface area contributed by atoms with E-state index in [9.17, 15) is 0 Å². The average molecular weight is 287 g/mol. The molecule has 0 amide bonds. The quantitative estimate of drug-likeness (QED) is 0.881. The minimum Gasteiger partial charge on any atom is -0.316 e. The van der Waals surface area contributed by atoms with Crippen LogP contribution in [0.3, 0.4) is 0 Å². The fourth-order valence-corrected chi connectivity index (χ4v) is 2.50. The second kappa shape index (κ2) is 6.40. The maximum absolute atomic E-state index is 5.91. The first-order valence-corrected chi connectivity index (χ1v) is 7.45. The van der Waals surface area contributed by atoms with Crippen LogP contribution in [0.15, 0.2) is 48.5 Å². The van der Waals surface area contributed by atoms with E-state index in [4.69, 9.17) is 11.6 Å². The predicted octanol–water partition coefficient (Wildman–Crippen LogP) is 3.32. The molecule has 0 bridgehead atoms. The van der Waals surface area contributed by atoms with Gasteiger partial charge in [-0.3, -0.25) is 0 Å². The van der Waals surface area contributed by atoms with Gasteiger partial charge in [0.05, 0.1) is 0 Å². The van der Waals surface area contributed by atoms with Gasteiger partial charge in [0.2, 0.25) is 0 Å². The van der Waals surface area contributed by atoms with Crippen molar-refractivity contribution in [2.45, 2.75) is 6.54 Å². The van der Waals surface area contributed by atoms with Crippen molar-refractivity contribution in [3.63, 3.8) is 0 Å². The summed E-state index contributed by atoms with van der Waals surface area (Å²) in [6.45, 7) is 4.36. The van der Waals surface area contributed by atoms with Gasteiger partial charge in [-0.05, 0) is 34.7 Å². The number of rotatable bonds is 5. The molecular weight excluding hydrogens is 268 g/mol. The molecule has 2 nitrogen and oxygen atoms in total. The average Bonchev–Trinajstić information content (AvgIpc) is 2.43. The summed E-state index contributed by atoms with van der Waals surface area (Å²) in [4.78, 5) is 0. The van der Waals surface area contributed by atoms with Crippen LogP contribution in [0.25, 0.3) is 11.1 Å². The van der Waals surface area contributed by atoms with Gasteiger partial charge in [-0.15, -0.1) is 0 Å². The minimum atomic E-state index is 0.778. The zero-order valence-electron chi connectivity index (χ0n) is 11.4. The molecule has 2 N–H and O–H groups in total. The molecule has 0 radical (unpaired) electrons. The SMILES string of the molecule is Clc1ccc(-c2ccc(CNCC3CNC3)cc2)cc1. The molecule has 1 aliphatic heterocycles. The maximum Gasteiger partial charge on any atom is 0.0406 e. The molecule has 2 aromatic carbocycles. The van der Waals surface area contributed by atoms with E-state index in [-0.39, 0.29) is 0 Å². The van der Waals surface area contributed by atoms with Gasteiger partial charge < -0.3 is 10.6 Å². The fraction of sp³-hybridized carbons (Fsp3) is 0.294. The van der Waals surface area contributed by atoms with Gasteiger partial charge >= 0.3 is 0 Å². The molecule has 3 heteroatoms. The molecule has 1 aliphatic rings. The Bertz CT molecular complexity index is 544. The van der Waals surface area contributed by atoms with Crippen LogP contribution in [0.5, 0.6) is 0 Å². The molecule has 1 saturated heterocycles. The van der Waals surface area contributed by atoms with Crippen LogP contribution in [0.4, 0.5) is 0 Å². The van der Waals surface area contributed by atoms with Crippen molar-refractivity contribution in [2.75, 3.05) is 19.6 Å². The van der Waals surface area contributed by atoms with Crippen LogP contribution in [0.2, 0.25) is 5.02 Å². The molecule has 0 saturated carbocycles. The molecule has 20 heavy (non-hydrogen) atoms. The lowest BCUT2D eigenvalue weighted by atomic mass is 10.0. The van der Waals surface area contributed by atoms with Gasteiger partial charge in [0.25, 0.3) is 0 Å². The van der Waals surface area contributed by atoms with Crippen molar-refractivity contribution in [3.8, 4) is 11.1 Å². The Morgan fingerprint density at radius 1 is 0.950 bits per heavy atom. The molecule has 0 aliphatic carbocycles. The van der Waals surface area contributed by atoms with Crippen LogP contribution in [0, 0.1) is 5.92 Å². The standard InChI is InChI=1S/C17H19ClN2/c18-17-7-5-16(6-8-17)15-3-1-13(2-4-15)9-19-10-14-11-20-12-14/h1-8,14,19-20H,9-12H2. The Balaban J connectivity index is 1.57. The highest BCUT2D eigenvalue weighted by atomic mass is 35.5. The van der Waals surface area contributed by atoms with Crippen LogP contribution >= 0.6 is 11.6 Å². The van der Waals surface area contributed by atoms with Crippen LogP contribution in [0.1, 0.15) is 5.56 Å². The topological polar surface area (TPSA) is 24.1 Å². The summed E-state index contributed by atoms with van der Waals surface area (Å²) >= 11 is 5.91. The second-order valence-corrected chi connectivity index (χ2v) is 5.80. The fourth-order valence-electron chi connectivity index (χ4n) is 2.37. The Morgan fingerprint density at radius 2 is 1.55 bits per heavy atom. The molecular formula is C17H19ClN2. The monoisotopic (exact) mass is 286 g/mol. The first kappa shape index (κ1) is 13.6. The highest BCUT2D eigenvalue weighted by molar-refractivity contribution is 6.30. The zero-order valence-corrected chi connectivity index (χ0v) is 12.2. The third-order valence-corrected chi connectivity index (χ3v) is 4.01. The van der Waals surface area contributed by atoms with E-state index in [0.717, 1.165) is 37.1 Å². The highest BCUT2D eigenvalue weighted by Crippen LogP contribution is 2.21. The van der Waals surface area contributed by atoms with E-state index in [1.54, 1.807) is 0 Å². The Morgan fingerprint density at radius 3 is 2.10 bits per heavy atom. The molecule has 1 heterocycles. The summed E-state index contributed by atoms with van der Waals surface area (Å²) in [5.74, 6) is 0.809. The Labute approximate surface area is 125 Å². The summed E-state index contributed by atoms with van der Waals surface area (Å²) in [5.41, 5.74) is 3.76. The van der Waals surface area contributed by atoms with E-state index in [1.807, 2.05) is 12.1 Å².